The standard InChI is InChI=1S/C16H21N3O3S/c1-6-19-9(3)8-12(18-19)14(20)17-15-13(16(21)22-7-2)10(4)11(5)23-15/h8H,6-7H2,1-5H3,(H,17,20). The van der Waals surface area contributed by atoms with Gasteiger partial charge in [-0.3, -0.25) is 9.48 Å². The van der Waals surface area contributed by atoms with Crippen molar-refractivity contribution in [2.24, 2.45) is 0 Å². The summed E-state index contributed by atoms with van der Waals surface area (Å²) in [4.78, 5) is 25.5. The van der Waals surface area contributed by atoms with Crippen LogP contribution >= 0.6 is 11.3 Å². The monoisotopic (exact) mass is 335 g/mol. The summed E-state index contributed by atoms with van der Waals surface area (Å²) in [7, 11) is 0. The van der Waals surface area contributed by atoms with Crippen molar-refractivity contribution in [2.45, 2.75) is 41.2 Å². The average Bonchev–Trinajstić information content (AvgIpc) is 3.00. The molecule has 0 saturated carbocycles. The van der Waals surface area contributed by atoms with Crippen LogP contribution in [0.2, 0.25) is 0 Å². The Morgan fingerprint density at radius 2 is 2.00 bits per heavy atom. The van der Waals surface area contributed by atoms with E-state index in [1.807, 2.05) is 27.7 Å². The van der Waals surface area contributed by atoms with Gasteiger partial charge in [0, 0.05) is 17.1 Å². The highest BCUT2D eigenvalue weighted by atomic mass is 32.1. The zero-order valence-corrected chi connectivity index (χ0v) is 14.8. The zero-order valence-electron chi connectivity index (χ0n) is 14.0. The van der Waals surface area contributed by atoms with Crippen molar-refractivity contribution in [1.29, 1.82) is 0 Å². The highest BCUT2D eigenvalue weighted by Gasteiger charge is 2.23. The molecule has 0 aromatic carbocycles. The molecule has 0 aliphatic carbocycles. The van der Waals surface area contributed by atoms with Gasteiger partial charge in [-0.15, -0.1) is 11.3 Å². The van der Waals surface area contributed by atoms with Crippen molar-refractivity contribution in [2.75, 3.05) is 11.9 Å². The Morgan fingerprint density at radius 3 is 2.57 bits per heavy atom. The first-order valence-corrected chi connectivity index (χ1v) is 8.33. The number of aromatic nitrogens is 2. The van der Waals surface area contributed by atoms with Crippen molar-refractivity contribution in [3.8, 4) is 0 Å². The molecule has 0 aliphatic rings. The molecule has 0 fully saturated rings. The van der Waals surface area contributed by atoms with Gasteiger partial charge >= 0.3 is 5.97 Å². The van der Waals surface area contributed by atoms with Gasteiger partial charge in [0.25, 0.3) is 5.91 Å². The SMILES string of the molecule is CCOC(=O)c1c(NC(=O)c2cc(C)n(CC)n2)sc(C)c1C. The molecule has 0 aliphatic heterocycles. The molecule has 23 heavy (non-hydrogen) atoms. The van der Waals surface area contributed by atoms with Crippen molar-refractivity contribution in [1.82, 2.24) is 9.78 Å². The van der Waals surface area contributed by atoms with Gasteiger partial charge in [-0.05, 0) is 46.2 Å². The number of ether oxygens (including phenoxy) is 1. The molecular formula is C16H21N3O3S. The number of hydrogen-bond donors (Lipinski definition) is 1. The molecule has 1 amide bonds. The average molecular weight is 335 g/mol. The van der Waals surface area contributed by atoms with Gasteiger partial charge in [0.1, 0.15) is 5.00 Å². The minimum Gasteiger partial charge on any atom is -0.462 e. The van der Waals surface area contributed by atoms with E-state index >= 15 is 0 Å². The van der Waals surface area contributed by atoms with Gasteiger partial charge in [0.2, 0.25) is 0 Å². The topological polar surface area (TPSA) is 73.2 Å². The Bertz CT molecular complexity index is 746. The number of thiophene rings is 1. The van der Waals surface area contributed by atoms with Crippen LogP contribution in [-0.4, -0.2) is 28.3 Å². The zero-order chi connectivity index (χ0) is 17.1. The third-order valence-electron chi connectivity index (χ3n) is 3.61. The first kappa shape index (κ1) is 17.2. The minimum absolute atomic E-state index is 0.292. The molecule has 2 aromatic rings. The van der Waals surface area contributed by atoms with Crippen molar-refractivity contribution in [3.05, 3.63) is 33.5 Å². The van der Waals surface area contributed by atoms with E-state index in [1.54, 1.807) is 17.7 Å². The molecule has 124 valence electrons. The first-order valence-electron chi connectivity index (χ1n) is 7.51. The number of esters is 1. The van der Waals surface area contributed by atoms with E-state index in [0.717, 1.165) is 16.1 Å². The summed E-state index contributed by atoms with van der Waals surface area (Å²) in [6, 6.07) is 1.73. The van der Waals surface area contributed by atoms with Gasteiger partial charge < -0.3 is 10.1 Å². The molecule has 0 saturated heterocycles. The van der Waals surface area contributed by atoms with Crippen LogP contribution in [0.25, 0.3) is 0 Å². The maximum atomic E-state index is 12.4. The van der Waals surface area contributed by atoms with E-state index in [9.17, 15) is 9.59 Å². The van der Waals surface area contributed by atoms with Crippen LogP contribution in [0.1, 0.15) is 50.8 Å². The predicted molar refractivity (Wildman–Crippen MR) is 90.3 cm³/mol. The molecule has 0 bridgehead atoms. The second kappa shape index (κ2) is 6.95. The minimum atomic E-state index is -0.417. The number of nitrogens with one attached hydrogen (secondary N) is 1. The summed E-state index contributed by atoms with van der Waals surface area (Å²) in [6.07, 6.45) is 0. The van der Waals surface area contributed by atoms with Crippen LogP contribution < -0.4 is 5.32 Å². The number of aryl methyl sites for hydroxylation is 3. The van der Waals surface area contributed by atoms with Crippen LogP contribution in [0.5, 0.6) is 0 Å². The van der Waals surface area contributed by atoms with Crippen LogP contribution in [0.4, 0.5) is 5.00 Å². The van der Waals surface area contributed by atoms with E-state index in [4.69, 9.17) is 4.74 Å². The number of hydrogen-bond acceptors (Lipinski definition) is 5. The van der Waals surface area contributed by atoms with Gasteiger partial charge in [-0.2, -0.15) is 5.10 Å². The Balaban J connectivity index is 2.30. The lowest BCUT2D eigenvalue weighted by molar-refractivity contribution is 0.0527. The maximum absolute atomic E-state index is 12.4. The molecule has 0 unspecified atom stereocenters. The van der Waals surface area contributed by atoms with E-state index in [-0.39, 0.29) is 5.91 Å². The number of anilines is 1. The maximum Gasteiger partial charge on any atom is 0.341 e. The number of amides is 1. The summed E-state index contributed by atoms with van der Waals surface area (Å²) in [5.41, 5.74) is 2.51. The highest BCUT2D eigenvalue weighted by molar-refractivity contribution is 7.16. The molecule has 6 nitrogen and oxygen atoms in total. The fourth-order valence-corrected chi connectivity index (χ4v) is 3.32. The molecule has 0 atom stereocenters. The quantitative estimate of drug-likeness (QED) is 0.851. The van der Waals surface area contributed by atoms with Gasteiger partial charge in [0.15, 0.2) is 5.69 Å². The Morgan fingerprint density at radius 1 is 1.30 bits per heavy atom. The number of rotatable bonds is 5. The summed E-state index contributed by atoms with van der Waals surface area (Å²) < 4.78 is 6.84. The first-order chi connectivity index (χ1) is 10.9. The highest BCUT2D eigenvalue weighted by Crippen LogP contribution is 2.33. The van der Waals surface area contributed by atoms with Crippen LogP contribution in [0.3, 0.4) is 0 Å². The van der Waals surface area contributed by atoms with E-state index in [1.165, 1.54) is 11.3 Å². The van der Waals surface area contributed by atoms with Crippen molar-refractivity contribution >= 4 is 28.2 Å². The van der Waals surface area contributed by atoms with E-state index < -0.39 is 5.97 Å². The normalized spacial score (nSPS) is 10.7. The van der Waals surface area contributed by atoms with Crippen molar-refractivity contribution < 1.29 is 14.3 Å². The lowest BCUT2D eigenvalue weighted by atomic mass is 10.1. The second-order valence-corrected chi connectivity index (χ2v) is 6.37. The van der Waals surface area contributed by atoms with Crippen LogP contribution in [-0.2, 0) is 11.3 Å². The van der Waals surface area contributed by atoms with Crippen molar-refractivity contribution in [3.63, 3.8) is 0 Å². The van der Waals surface area contributed by atoms with E-state index in [0.29, 0.717) is 29.4 Å². The second-order valence-electron chi connectivity index (χ2n) is 5.15. The molecule has 0 spiro atoms. The third-order valence-corrected chi connectivity index (χ3v) is 4.73. The summed E-state index contributed by atoms with van der Waals surface area (Å²) in [5.74, 6) is -0.744. The fraction of sp³-hybridized carbons (Fsp3) is 0.438. The Kier molecular flexibility index (Phi) is 5.20. The summed E-state index contributed by atoms with van der Waals surface area (Å²) >= 11 is 1.37. The number of nitrogens with zero attached hydrogens (tertiary/aromatic N) is 2. The molecule has 7 heteroatoms. The third kappa shape index (κ3) is 3.44. The van der Waals surface area contributed by atoms with Gasteiger partial charge in [-0.25, -0.2) is 4.79 Å². The van der Waals surface area contributed by atoms with Gasteiger partial charge in [-0.1, -0.05) is 0 Å². The van der Waals surface area contributed by atoms with Crippen LogP contribution in [0.15, 0.2) is 6.07 Å². The van der Waals surface area contributed by atoms with E-state index in [2.05, 4.69) is 10.4 Å². The van der Waals surface area contributed by atoms with Gasteiger partial charge in [0.05, 0.1) is 12.2 Å². The molecule has 2 aromatic heterocycles. The molecular weight excluding hydrogens is 314 g/mol. The smallest absolute Gasteiger partial charge is 0.341 e. The summed E-state index contributed by atoms with van der Waals surface area (Å²) in [6.45, 7) is 10.4. The molecule has 1 N–H and O–H groups in total. The Labute approximate surface area is 139 Å². The predicted octanol–water partition coefficient (Wildman–Crippen LogP) is 3.32. The molecule has 2 heterocycles. The summed E-state index contributed by atoms with van der Waals surface area (Å²) in [5, 5.41) is 7.56. The lowest BCUT2D eigenvalue weighted by Gasteiger charge is -2.06. The largest absolute Gasteiger partial charge is 0.462 e. The fourth-order valence-electron chi connectivity index (χ4n) is 2.27. The molecule has 2 rings (SSSR count). The lowest BCUT2D eigenvalue weighted by Crippen LogP contribution is -2.15. The number of carbonyl (C=O) groups excluding carboxylic acids is 2. The van der Waals surface area contributed by atoms with Crippen LogP contribution in [0, 0.1) is 20.8 Å². The number of carbonyl (C=O) groups is 2. The molecule has 0 radical (unpaired) electrons. The Hall–Kier alpha value is -2.15.